The number of likely N-dealkylation sites (tertiary alicyclic amines) is 1. The lowest BCUT2D eigenvalue weighted by Crippen LogP contribution is -2.30. The van der Waals surface area contributed by atoms with E-state index in [2.05, 4.69) is 4.98 Å². The molecular formula is C20H15ClF2N2O2. The number of para-hydroxylation sites is 1. The number of aromatic nitrogens is 1. The average molecular weight is 389 g/mol. The minimum Gasteiger partial charge on any atom is -0.360 e. The van der Waals surface area contributed by atoms with Crippen molar-refractivity contribution in [1.82, 2.24) is 9.88 Å². The van der Waals surface area contributed by atoms with Gasteiger partial charge in [-0.3, -0.25) is 14.5 Å². The van der Waals surface area contributed by atoms with E-state index < -0.39 is 17.6 Å². The Bertz CT molecular complexity index is 1040. The zero-order valence-electron chi connectivity index (χ0n) is 14.1. The molecule has 1 N–H and O–H groups in total. The summed E-state index contributed by atoms with van der Waals surface area (Å²) in [5, 5.41) is 1.50. The molecule has 0 aliphatic carbocycles. The number of hydrogen-bond donors (Lipinski definition) is 1. The molecule has 1 aromatic heterocycles. The standard InChI is InChI=1S/C20H15ClF2N2O2/c21-17-3-1-2-16-13(9-24-19(16)17)6-12-7-18(26)25(20(12)27)10-11-4-14(22)8-15(23)5-11/h1-5,8-9,12,24H,6-7,10H2/t12-/m0/s1. The molecule has 7 heteroatoms. The second-order valence-corrected chi connectivity index (χ2v) is 7.08. The van der Waals surface area contributed by atoms with Crippen LogP contribution in [0.2, 0.25) is 5.02 Å². The van der Waals surface area contributed by atoms with Crippen LogP contribution in [0.25, 0.3) is 10.9 Å². The molecule has 138 valence electrons. The van der Waals surface area contributed by atoms with E-state index in [-0.39, 0.29) is 30.3 Å². The Hall–Kier alpha value is -2.73. The van der Waals surface area contributed by atoms with Gasteiger partial charge in [0.2, 0.25) is 11.8 Å². The number of rotatable bonds is 4. The Labute approximate surface area is 158 Å². The van der Waals surface area contributed by atoms with Crippen LogP contribution in [0, 0.1) is 17.6 Å². The quantitative estimate of drug-likeness (QED) is 0.680. The Kier molecular flexibility index (Phi) is 4.44. The van der Waals surface area contributed by atoms with Crippen molar-refractivity contribution in [3.8, 4) is 0 Å². The minimum atomic E-state index is -0.740. The fraction of sp³-hybridized carbons (Fsp3) is 0.200. The Balaban J connectivity index is 1.54. The number of amides is 2. The summed E-state index contributed by atoms with van der Waals surface area (Å²) in [5.74, 6) is -2.66. The normalized spacial score (nSPS) is 17.3. The molecular weight excluding hydrogens is 374 g/mol. The summed E-state index contributed by atoms with van der Waals surface area (Å²) in [6, 6.07) is 8.50. The van der Waals surface area contributed by atoms with Crippen LogP contribution in [0.15, 0.2) is 42.6 Å². The van der Waals surface area contributed by atoms with Gasteiger partial charge in [-0.2, -0.15) is 0 Å². The SMILES string of the molecule is O=C1C[C@H](Cc2c[nH]c3c(Cl)cccc23)C(=O)N1Cc1cc(F)cc(F)c1. The van der Waals surface area contributed by atoms with Crippen LogP contribution >= 0.6 is 11.6 Å². The van der Waals surface area contributed by atoms with Crippen molar-refractivity contribution < 1.29 is 18.4 Å². The molecule has 4 rings (SSSR count). The number of halogens is 3. The Morgan fingerprint density at radius 3 is 2.63 bits per heavy atom. The minimum absolute atomic E-state index is 0.0733. The van der Waals surface area contributed by atoms with Crippen molar-refractivity contribution in [3.63, 3.8) is 0 Å². The zero-order valence-corrected chi connectivity index (χ0v) is 14.9. The van der Waals surface area contributed by atoms with E-state index >= 15 is 0 Å². The van der Waals surface area contributed by atoms with Gasteiger partial charge in [0.15, 0.2) is 0 Å². The predicted octanol–water partition coefficient (Wildman–Crippen LogP) is 4.22. The maximum absolute atomic E-state index is 13.4. The van der Waals surface area contributed by atoms with Crippen molar-refractivity contribution >= 4 is 34.3 Å². The molecule has 0 spiro atoms. The van der Waals surface area contributed by atoms with Crippen LogP contribution < -0.4 is 0 Å². The van der Waals surface area contributed by atoms with Gasteiger partial charge in [-0.25, -0.2) is 8.78 Å². The van der Waals surface area contributed by atoms with Crippen LogP contribution in [-0.4, -0.2) is 21.7 Å². The molecule has 1 aliphatic heterocycles. The molecule has 1 fully saturated rings. The van der Waals surface area contributed by atoms with Crippen molar-refractivity contribution in [2.24, 2.45) is 5.92 Å². The third-order valence-electron chi connectivity index (χ3n) is 4.82. The summed E-state index contributed by atoms with van der Waals surface area (Å²) in [7, 11) is 0. The third-order valence-corrected chi connectivity index (χ3v) is 5.13. The number of carbonyl (C=O) groups excluding carboxylic acids is 2. The van der Waals surface area contributed by atoms with Crippen LogP contribution in [0.5, 0.6) is 0 Å². The third kappa shape index (κ3) is 3.32. The highest BCUT2D eigenvalue weighted by Crippen LogP contribution is 2.30. The number of nitrogens with zero attached hydrogens (tertiary/aromatic N) is 1. The monoisotopic (exact) mass is 388 g/mol. The molecule has 0 radical (unpaired) electrons. The molecule has 1 aliphatic rings. The summed E-state index contributed by atoms with van der Waals surface area (Å²) < 4.78 is 26.7. The largest absolute Gasteiger partial charge is 0.360 e. The van der Waals surface area contributed by atoms with Gasteiger partial charge in [-0.15, -0.1) is 0 Å². The zero-order chi connectivity index (χ0) is 19.1. The van der Waals surface area contributed by atoms with Gasteiger partial charge in [0.1, 0.15) is 11.6 Å². The van der Waals surface area contributed by atoms with E-state index in [4.69, 9.17) is 11.6 Å². The van der Waals surface area contributed by atoms with Gasteiger partial charge in [-0.05, 0) is 35.7 Å². The van der Waals surface area contributed by atoms with Gasteiger partial charge in [0.25, 0.3) is 0 Å². The summed E-state index contributed by atoms with van der Waals surface area (Å²) in [6.45, 7) is -0.136. The Morgan fingerprint density at radius 1 is 1.15 bits per heavy atom. The first kappa shape index (κ1) is 17.7. The highest BCUT2D eigenvalue weighted by Gasteiger charge is 2.38. The molecule has 2 amide bonds. The number of aromatic amines is 1. The number of hydrogen-bond acceptors (Lipinski definition) is 2. The first-order chi connectivity index (χ1) is 12.9. The van der Waals surface area contributed by atoms with Gasteiger partial charge in [0, 0.05) is 24.1 Å². The fourth-order valence-electron chi connectivity index (χ4n) is 3.57. The maximum Gasteiger partial charge on any atom is 0.233 e. The number of carbonyl (C=O) groups is 2. The van der Waals surface area contributed by atoms with E-state index in [0.717, 1.165) is 39.6 Å². The number of H-pyrrole nitrogens is 1. The number of imide groups is 1. The van der Waals surface area contributed by atoms with Gasteiger partial charge < -0.3 is 4.98 Å². The first-order valence-electron chi connectivity index (χ1n) is 8.46. The molecule has 0 unspecified atom stereocenters. The number of fused-ring (bicyclic) bond motifs is 1. The Morgan fingerprint density at radius 2 is 1.89 bits per heavy atom. The maximum atomic E-state index is 13.4. The lowest BCUT2D eigenvalue weighted by molar-refractivity contribution is -0.140. The molecule has 1 atom stereocenters. The molecule has 3 aromatic rings. The summed E-state index contributed by atoms with van der Waals surface area (Å²) in [6.07, 6.45) is 2.25. The van der Waals surface area contributed by atoms with Crippen LogP contribution in [0.4, 0.5) is 8.78 Å². The molecule has 0 bridgehead atoms. The molecule has 2 heterocycles. The van der Waals surface area contributed by atoms with Crippen molar-refractivity contribution in [2.75, 3.05) is 0 Å². The van der Waals surface area contributed by atoms with Crippen molar-refractivity contribution in [1.29, 1.82) is 0 Å². The molecule has 27 heavy (non-hydrogen) atoms. The predicted molar refractivity (Wildman–Crippen MR) is 97.0 cm³/mol. The molecule has 0 saturated carbocycles. The second-order valence-electron chi connectivity index (χ2n) is 6.68. The highest BCUT2D eigenvalue weighted by atomic mass is 35.5. The van der Waals surface area contributed by atoms with E-state index in [1.54, 1.807) is 12.3 Å². The smallest absolute Gasteiger partial charge is 0.233 e. The number of benzene rings is 2. The van der Waals surface area contributed by atoms with Crippen LogP contribution in [0.3, 0.4) is 0 Å². The van der Waals surface area contributed by atoms with E-state index in [0.29, 0.717) is 11.4 Å². The highest BCUT2D eigenvalue weighted by molar-refractivity contribution is 6.35. The summed E-state index contributed by atoms with van der Waals surface area (Å²) in [5.41, 5.74) is 1.93. The van der Waals surface area contributed by atoms with E-state index in [1.165, 1.54) is 0 Å². The van der Waals surface area contributed by atoms with E-state index in [9.17, 15) is 18.4 Å². The lowest BCUT2D eigenvalue weighted by atomic mass is 9.97. The van der Waals surface area contributed by atoms with Crippen LogP contribution in [-0.2, 0) is 22.6 Å². The average Bonchev–Trinajstić information content (AvgIpc) is 3.12. The second kappa shape index (κ2) is 6.78. The summed E-state index contributed by atoms with van der Waals surface area (Å²) in [4.78, 5) is 29.2. The van der Waals surface area contributed by atoms with Crippen molar-refractivity contribution in [3.05, 3.63) is 70.4 Å². The molecule has 1 saturated heterocycles. The molecule has 4 nitrogen and oxygen atoms in total. The number of nitrogens with one attached hydrogen (secondary N) is 1. The first-order valence-corrected chi connectivity index (χ1v) is 8.84. The van der Waals surface area contributed by atoms with Crippen LogP contribution in [0.1, 0.15) is 17.5 Å². The van der Waals surface area contributed by atoms with E-state index in [1.807, 2.05) is 12.1 Å². The lowest BCUT2D eigenvalue weighted by Gasteiger charge is -2.15. The fourth-order valence-corrected chi connectivity index (χ4v) is 3.80. The molecule has 2 aromatic carbocycles. The van der Waals surface area contributed by atoms with Crippen molar-refractivity contribution in [2.45, 2.75) is 19.4 Å². The van der Waals surface area contributed by atoms with Gasteiger partial charge in [0.05, 0.1) is 23.0 Å². The summed E-state index contributed by atoms with van der Waals surface area (Å²) >= 11 is 6.16. The van der Waals surface area contributed by atoms with Gasteiger partial charge >= 0.3 is 0 Å². The van der Waals surface area contributed by atoms with Gasteiger partial charge in [-0.1, -0.05) is 23.7 Å². The topological polar surface area (TPSA) is 53.2 Å².